The molecule has 1 aliphatic heterocycles. The molecule has 6 nitrogen and oxygen atoms in total. The molecule has 4 atom stereocenters. The van der Waals surface area contributed by atoms with Gasteiger partial charge in [-0.3, -0.25) is 9.69 Å². The van der Waals surface area contributed by atoms with Crippen LogP contribution in [0, 0.1) is 34.9 Å². The molecule has 1 saturated heterocycles. The van der Waals surface area contributed by atoms with Crippen LogP contribution in [0.15, 0.2) is 48.5 Å². The number of likely N-dealkylation sites (tertiary alicyclic amines) is 1. The molecule has 33 heavy (non-hydrogen) atoms. The highest BCUT2D eigenvalue weighted by Crippen LogP contribution is 2.45. The summed E-state index contributed by atoms with van der Waals surface area (Å²) in [4.78, 5) is 14.2. The minimum absolute atomic E-state index is 0.188. The van der Waals surface area contributed by atoms with Crippen molar-refractivity contribution in [2.45, 2.75) is 25.9 Å². The number of esters is 1. The van der Waals surface area contributed by atoms with Crippen LogP contribution in [-0.2, 0) is 22.5 Å². The molecule has 4 rings (SSSR count). The number of nitrogens with one attached hydrogen (secondary N) is 1. The molecular formula is C26H30FN3O3. The molecule has 7 heteroatoms. The smallest absolute Gasteiger partial charge is 0.323 e. The van der Waals surface area contributed by atoms with E-state index in [-0.39, 0.29) is 12.4 Å². The molecule has 0 amide bonds. The molecule has 1 unspecified atom stereocenters. The van der Waals surface area contributed by atoms with Crippen molar-refractivity contribution in [1.29, 1.82) is 5.26 Å². The van der Waals surface area contributed by atoms with Crippen LogP contribution in [0.2, 0.25) is 0 Å². The number of fused-ring (bicyclic) bond motifs is 1. The zero-order chi connectivity index (χ0) is 23.2. The second-order valence-corrected chi connectivity index (χ2v) is 8.76. The number of piperidine rings is 1. The van der Waals surface area contributed by atoms with Crippen LogP contribution >= 0.6 is 0 Å². The van der Waals surface area contributed by atoms with Gasteiger partial charge in [0.15, 0.2) is 0 Å². The number of hydrogen-bond acceptors (Lipinski definition) is 6. The van der Waals surface area contributed by atoms with Gasteiger partial charge in [-0.25, -0.2) is 4.39 Å². The number of nitriles is 1. The van der Waals surface area contributed by atoms with Crippen LogP contribution in [0.4, 0.5) is 4.39 Å². The summed E-state index contributed by atoms with van der Waals surface area (Å²) < 4.78 is 23.8. The Bertz CT molecular complexity index is 962. The average molecular weight is 452 g/mol. The predicted molar refractivity (Wildman–Crippen MR) is 122 cm³/mol. The summed E-state index contributed by atoms with van der Waals surface area (Å²) in [6.07, 6.45) is 0.333. The molecule has 2 aromatic carbocycles. The maximum absolute atomic E-state index is 13.0. The lowest BCUT2D eigenvalue weighted by molar-refractivity contribution is -0.145. The van der Waals surface area contributed by atoms with E-state index in [9.17, 15) is 14.4 Å². The van der Waals surface area contributed by atoms with Gasteiger partial charge in [-0.05, 0) is 60.6 Å². The van der Waals surface area contributed by atoms with Crippen LogP contribution in [-0.4, -0.2) is 49.8 Å². The molecule has 0 bridgehead atoms. The maximum Gasteiger partial charge on any atom is 0.323 e. The van der Waals surface area contributed by atoms with Crippen LogP contribution in [0.25, 0.3) is 0 Å². The van der Waals surface area contributed by atoms with E-state index >= 15 is 0 Å². The van der Waals surface area contributed by atoms with Gasteiger partial charge >= 0.3 is 5.97 Å². The predicted octanol–water partition coefficient (Wildman–Crippen LogP) is 3.17. The first-order valence-corrected chi connectivity index (χ1v) is 11.6. The van der Waals surface area contributed by atoms with Crippen molar-refractivity contribution in [3.05, 3.63) is 65.5 Å². The van der Waals surface area contributed by atoms with Gasteiger partial charge in [0.1, 0.15) is 24.1 Å². The van der Waals surface area contributed by atoms with Crippen molar-refractivity contribution in [3.8, 4) is 11.8 Å². The highest BCUT2D eigenvalue weighted by atomic mass is 19.1. The molecule has 0 aromatic heterocycles. The molecule has 2 aromatic rings. The fourth-order valence-corrected chi connectivity index (χ4v) is 4.67. The molecule has 0 radical (unpaired) electrons. The van der Waals surface area contributed by atoms with Gasteiger partial charge in [-0.1, -0.05) is 24.3 Å². The first kappa shape index (κ1) is 23.2. The van der Waals surface area contributed by atoms with Crippen molar-refractivity contribution in [2.24, 2.45) is 17.8 Å². The summed E-state index contributed by atoms with van der Waals surface area (Å²) in [6, 6.07) is 16.8. The molecule has 1 N–H and O–H groups in total. The van der Waals surface area contributed by atoms with Gasteiger partial charge in [0, 0.05) is 32.2 Å². The van der Waals surface area contributed by atoms with Crippen molar-refractivity contribution in [3.63, 3.8) is 0 Å². The summed E-state index contributed by atoms with van der Waals surface area (Å²) in [5.74, 6) is 0.702. The van der Waals surface area contributed by atoms with Crippen LogP contribution < -0.4 is 10.1 Å². The second-order valence-electron chi connectivity index (χ2n) is 8.76. The number of ether oxygens (including phenoxy) is 2. The number of hydrogen-bond donors (Lipinski definition) is 1. The number of carbonyl (C=O) groups is 1. The molecule has 1 saturated carbocycles. The highest BCUT2D eigenvalue weighted by Gasteiger charge is 2.55. The first-order valence-electron chi connectivity index (χ1n) is 11.6. The van der Waals surface area contributed by atoms with Crippen LogP contribution in [0.3, 0.4) is 0 Å². The largest absolute Gasteiger partial charge is 0.492 e. The highest BCUT2D eigenvalue weighted by molar-refractivity contribution is 5.75. The van der Waals surface area contributed by atoms with E-state index in [1.165, 1.54) is 12.1 Å². The molecular weight excluding hydrogens is 421 g/mol. The molecule has 1 heterocycles. The third-order valence-corrected chi connectivity index (χ3v) is 6.43. The third kappa shape index (κ3) is 6.10. The van der Waals surface area contributed by atoms with Crippen molar-refractivity contribution >= 4 is 5.97 Å². The Kier molecular flexibility index (Phi) is 7.58. The van der Waals surface area contributed by atoms with Gasteiger partial charge in [0.05, 0.1) is 12.7 Å². The Morgan fingerprint density at radius 1 is 1.15 bits per heavy atom. The van der Waals surface area contributed by atoms with E-state index in [1.807, 2.05) is 42.5 Å². The Hall–Kier alpha value is -2.95. The SMILES string of the molecule is CCOC(=O)[C@H](C#N)Cc1ccc(OCCN[C@H]2C3CN(Cc4ccc(F)cc4)C[C@@H]32)cc1. The average Bonchev–Trinajstić information content (AvgIpc) is 3.27. The van der Waals surface area contributed by atoms with Crippen LogP contribution in [0.1, 0.15) is 18.1 Å². The molecule has 174 valence electrons. The Morgan fingerprint density at radius 2 is 1.82 bits per heavy atom. The van der Waals surface area contributed by atoms with Crippen molar-refractivity contribution in [2.75, 3.05) is 32.8 Å². The van der Waals surface area contributed by atoms with E-state index in [2.05, 4.69) is 10.2 Å². The number of nitrogens with zero attached hydrogens (tertiary/aromatic N) is 2. The number of rotatable bonds is 11. The summed E-state index contributed by atoms with van der Waals surface area (Å²) >= 11 is 0. The maximum atomic E-state index is 13.0. The van der Waals surface area contributed by atoms with Crippen LogP contribution in [0.5, 0.6) is 5.75 Å². The van der Waals surface area contributed by atoms with E-state index in [4.69, 9.17) is 9.47 Å². The Labute approximate surface area is 194 Å². The zero-order valence-electron chi connectivity index (χ0n) is 18.9. The quantitative estimate of drug-likeness (QED) is 0.418. The van der Waals surface area contributed by atoms with Crippen molar-refractivity contribution < 1.29 is 18.7 Å². The number of carbonyl (C=O) groups excluding carboxylic acids is 1. The summed E-state index contributed by atoms with van der Waals surface area (Å²) in [7, 11) is 0. The third-order valence-electron chi connectivity index (χ3n) is 6.43. The summed E-state index contributed by atoms with van der Waals surface area (Å²) in [5, 5.41) is 12.8. The monoisotopic (exact) mass is 451 g/mol. The fraction of sp³-hybridized carbons (Fsp3) is 0.462. The van der Waals surface area contributed by atoms with Gasteiger partial charge in [0.25, 0.3) is 0 Å². The van der Waals surface area contributed by atoms with Crippen molar-refractivity contribution in [1.82, 2.24) is 10.2 Å². The number of benzene rings is 2. The topological polar surface area (TPSA) is 74.6 Å². The lowest BCUT2D eigenvalue weighted by Gasteiger charge is -2.20. The molecule has 2 aliphatic rings. The Balaban J connectivity index is 1.12. The lowest BCUT2D eigenvalue weighted by Crippen LogP contribution is -2.33. The minimum atomic E-state index is -0.787. The van der Waals surface area contributed by atoms with E-state index in [0.717, 1.165) is 43.1 Å². The summed E-state index contributed by atoms with van der Waals surface area (Å²) in [5.41, 5.74) is 2.06. The summed E-state index contributed by atoms with van der Waals surface area (Å²) in [6.45, 7) is 6.42. The number of halogens is 1. The standard InChI is InChI=1S/C26H30FN3O3/c1-2-32-26(31)20(14-28)13-18-5-9-22(10-6-18)33-12-11-29-25-23-16-30(17-24(23)25)15-19-3-7-21(27)8-4-19/h3-10,20,23-25,29H,2,11-13,15-17H2,1H3/t20-,23-,24?,25+/m0/s1. The van der Waals surface area contributed by atoms with E-state index in [0.29, 0.717) is 30.9 Å². The zero-order valence-corrected chi connectivity index (χ0v) is 18.9. The normalized spacial score (nSPS) is 22.3. The fourth-order valence-electron chi connectivity index (χ4n) is 4.67. The van der Waals surface area contributed by atoms with Gasteiger partial charge in [-0.15, -0.1) is 0 Å². The second kappa shape index (κ2) is 10.8. The molecule has 0 spiro atoms. The molecule has 1 aliphatic carbocycles. The van der Waals surface area contributed by atoms with Gasteiger partial charge < -0.3 is 14.8 Å². The van der Waals surface area contributed by atoms with E-state index in [1.54, 1.807) is 6.92 Å². The van der Waals surface area contributed by atoms with E-state index < -0.39 is 11.9 Å². The Morgan fingerprint density at radius 3 is 2.45 bits per heavy atom. The minimum Gasteiger partial charge on any atom is -0.492 e. The lowest BCUT2D eigenvalue weighted by atomic mass is 10.0. The molecule has 2 fully saturated rings. The first-order chi connectivity index (χ1) is 16.1. The van der Waals surface area contributed by atoms with Gasteiger partial charge in [-0.2, -0.15) is 5.26 Å². The van der Waals surface area contributed by atoms with Gasteiger partial charge in [0.2, 0.25) is 0 Å².